The van der Waals surface area contributed by atoms with Gasteiger partial charge in [-0.1, -0.05) is 62.4 Å². The van der Waals surface area contributed by atoms with E-state index in [1.165, 1.54) is 56.9 Å². The maximum Gasteiger partial charge on any atom is 0.0273 e. The van der Waals surface area contributed by atoms with Crippen molar-refractivity contribution in [2.24, 2.45) is 17.7 Å². The molecule has 2 aliphatic carbocycles. The van der Waals surface area contributed by atoms with Crippen LogP contribution in [0.15, 0.2) is 30.3 Å². The van der Waals surface area contributed by atoms with Crippen LogP contribution in [0.2, 0.25) is 0 Å². The summed E-state index contributed by atoms with van der Waals surface area (Å²) in [5.41, 5.74) is 4.68. The highest BCUT2D eigenvalue weighted by molar-refractivity contribution is 5.26. The minimum atomic E-state index is 0.526. The van der Waals surface area contributed by atoms with Crippen LogP contribution < -0.4 is 11.3 Å². The molecule has 1 aromatic rings. The Labute approximate surface area is 123 Å². The van der Waals surface area contributed by atoms with Crippen LogP contribution >= 0.6 is 0 Å². The molecule has 0 heterocycles. The van der Waals surface area contributed by atoms with E-state index >= 15 is 0 Å². The normalized spacial score (nSPS) is 29.4. The Kier molecular flexibility index (Phi) is 4.74. The van der Waals surface area contributed by atoms with E-state index in [0.717, 1.165) is 17.8 Å². The predicted octanol–water partition coefficient (Wildman–Crippen LogP) is 3.98. The lowest BCUT2D eigenvalue weighted by molar-refractivity contribution is 0.262. The van der Waals surface area contributed by atoms with Gasteiger partial charge in [-0.15, -0.1) is 0 Å². The van der Waals surface area contributed by atoms with Crippen molar-refractivity contribution in [3.63, 3.8) is 0 Å². The summed E-state index contributed by atoms with van der Waals surface area (Å²) in [6.45, 7) is 0. The van der Waals surface area contributed by atoms with Crippen LogP contribution in [0.4, 0.5) is 0 Å². The Morgan fingerprint density at radius 2 is 1.60 bits per heavy atom. The first-order valence-electron chi connectivity index (χ1n) is 8.41. The van der Waals surface area contributed by atoms with Gasteiger partial charge in [0.2, 0.25) is 0 Å². The van der Waals surface area contributed by atoms with E-state index in [-0.39, 0.29) is 0 Å². The Hall–Kier alpha value is -0.860. The number of benzene rings is 1. The smallest absolute Gasteiger partial charge is 0.0273 e. The first-order chi connectivity index (χ1) is 9.90. The molecule has 2 aliphatic rings. The summed E-state index contributed by atoms with van der Waals surface area (Å²) in [4.78, 5) is 0. The number of hydrazine groups is 1. The van der Waals surface area contributed by atoms with Crippen molar-refractivity contribution in [3.8, 4) is 0 Å². The molecule has 3 N–H and O–H groups in total. The van der Waals surface area contributed by atoms with Gasteiger partial charge in [-0.05, 0) is 42.6 Å². The van der Waals surface area contributed by atoms with E-state index in [1.54, 1.807) is 0 Å². The lowest BCUT2D eigenvalue weighted by Gasteiger charge is -2.28. The zero-order valence-corrected chi connectivity index (χ0v) is 12.4. The molecule has 2 heteroatoms. The molecule has 3 rings (SSSR count). The number of nitrogens with one attached hydrogen (secondary N) is 1. The summed E-state index contributed by atoms with van der Waals surface area (Å²) >= 11 is 0. The van der Waals surface area contributed by atoms with Crippen LogP contribution in [0.5, 0.6) is 0 Å². The maximum absolute atomic E-state index is 5.92. The van der Waals surface area contributed by atoms with Crippen molar-refractivity contribution in [2.75, 3.05) is 0 Å². The highest BCUT2D eigenvalue weighted by Gasteiger charge is 2.45. The average molecular weight is 272 g/mol. The molecule has 3 atom stereocenters. The lowest BCUT2D eigenvalue weighted by atomic mass is 9.83. The van der Waals surface area contributed by atoms with E-state index in [2.05, 4.69) is 35.8 Å². The molecule has 0 bridgehead atoms. The van der Waals surface area contributed by atoms with Crippen LogP contribution in [0.3, 0.4) is 0 Å². The third-order valence-corrected chi connectivity index (χ3v) is 5.38. The van der Waals surface area contributed by atoms with Gasteiger partial charge in [0.25, 0.3) is 0 Å². The van der Waals surface area contributed by atoms with Crippen LogP contribution in [-0.4, -0.2) is 6.04 Å². The third-order valence-electron chi connectivity index (χ3n) is 5.38. The molecule has 0 amide bonds. The van der Waals surface area contributed by atoms with E-state index in [4.69, 9.17) is 5.84 Å². The van der Waals surface area contributed by atoms with Gasteiger partial charge in [-0.2, -0.15) is 0 Å². The average Bonchev–Trinajstić information content (AvgIpc) is 3.23. The molecule has 20 heavy (non-hydrogen) atoms. The maximum atomic E-state index is 5.92. The van der Waals surface area contributed by atoms with Crippen LogP contribution in [0.1, 0.15) is 62.8 Å². The molecule has 3 unspecified atom stereocenters. The second-order valence-electron chi connectivity index (χ2n) is 6.71. The molecule has 0 radical (unpaired) electrons. The zero-order chi connectivity index (χ0) is 13.8. The first kappa shape index (κ1) is 14.1. The second-order valence-corrected chi connectivity index (χ2v) is 6.71. The Morgan fingerprint density at radius 1 is 0.950 bits per heavy atom. The summed E-state index contributed by atoms with van der Waals surface area (Å²) in [6, 6.07) is 11.5. The second kappa shape index (κ2) is 6.73. The lowest BCUT2D eigenvalue weighted by Crippen LogP contribution is -2.43. The molecule has 0 saturated heterocycles. The fraction of sp³-hybridized carbons (Fsp3) is 0.667. The highest BCUT2D eigenvalue weighted by Crippen LogP contribution is 2.51. The Balaban J connectivity index is 1.62. The van der Waals surface area contributed by atoms with E-state index in [9.17, 15) is 0 Å². The van der Waals surface area contributed by atoms with Crippen molar-refractivity contribution in [2.45, 2.75) is 63.3 Å². The molecular formula is C18H28N2. The molecule has 0 aliphatic heterocycles. The zero-order valence-electron chi connectivity index (χ0n) is 12.4. The van der Waals surface area contributed by atoms with Gasteiger partial charge in [0.15, 0.2) is 0 Å². The molecule has 2 nitrogen and oxygen atoms in total. The summed E-state index contributed by atoms with van der Waals surface area (Å²) < 4.78 is 0. The van der Waals surface area contributed by atoms with Gasteiger partial charge in [0, 0.05) is 6.04 Å². The predicted molar refractivity (Wildman–Crippen MR) is 84.2 cm³/mol. The molecule has 2 fully saturated rings. The molecule has 1 aromatic carbocycles. The van der Waals surface area contributed by atoms with Crippen molar-refractivity contribution in [1.29, 1.82) is 0 Å². The van der Waals surface area contributed by atoms with Crippen LogP contribution in [0.25, 0.3) is 0 Å². The molecule has 110 valence electrons. The van der Waals surface area contributed by atoms with Gasteiger partial charge >= 0.3 is 0 Å². The fourth-order valence-electron chi connectivity index (χ4n) is 4.15. The van der Waals surface area contributed by atoms with Gasteiger partial charge in [-0.3, -0.25) is 11.3 Å². The summed E-state index contributed by atoms with van der Waals surface area (Å²) in [6.07, 6.45) is 11.1. The monoisotopic (exact) mass is 272 g/mol. The molecule has 2 saturated carbocycles. The number of hydrogen-bond donors (Lipinski definition) is 2. The standard InChI is InChI=1S/C18H28N2/c19-20-18(15-11-5-2-1-3-6-12-15)17-13-16(17)14-9-7-4-8-10-14/h4,7-10,15-18,20H,1-3,5-6,11-13,19H2. The van der Waals surface area contributed by atoms with E-state index in [1.807, 2.05) is 0 Å². The SMILES string of the molecule is NNC(C1CCCCCCC1)C1CC1c1ccccc1. The van der Waals surface area contributed by atoms with E-state index < -0.39 is 0 Å². The molecule has 0 aromatic heterocycles. The van der Waals surface area contributed by atoms with Crippen molar-refractivity contribution >= 4 is 0 Å². The fourth-order valence-corrected chi connectivity index (χ4v) is 4.15. The first-order valence-corrected chi connectivity index (χ1v) is 8.41. The Bertz CT molecular complexity index is 395. The number of nitrogens with two attached hydrogens (primary N) is 1. The third kappa shape index (κ3) is 3.24. The quantitative estimate of drug-likeness (QED) is 0.642. The number of hydrogen-bond acceptors (Lipinski definition) is 2. The summed E-state index contributed by atoms with van der Waals surface area (Å²) in [5, 5.41) is 0. The molecular weight excluding hydrogens is 244 g/mol. The van der Waals surface area contributed by atoms with Crippen molar-refractivity contribution < 1.29 is 0 Å². The van der Waals surface area contributed by atoms with Gasteiger partial charge in [-0.25, -0.2) is 0 Å². The minimum absolute atomic E-state index is 0.526. The summed E-state index contributed by atoms with van der Waals surface area (Å²) in [5.74, 6) is 8.21. The van der Waals surface area contributed by atoms with Crippen molar-refractivity contribution in [3.05, 3.63) is 35.9 Å². The van der Waals surface area contributed by atoms with Crippen molar-refractivity contribution in [1.82, 2.24) is 5.43 Å². The van der Waals surface area contributed by atoms with E-state index in [0.29, 0.717) is 6.04 Å². The topological polar surface area (TPSA) is 38.0 Å². The van der Waals surface area contributed by atoms with Gasteiger partial charge in [0.1, 0.15) is 0 Å². The minimum Gasteiger partial charge on any atom is -0.271 e. The number of rotatable bonds is 4. The largest absolute Gasteiger partial charge is 0.271 e. The van der Waals surface area contributed by atoms with Crippen LogP contribution in [0, 0.1) is 11.8 Å². The Morgan fingerprint density at radius 3 is 2.25 bits per heavy atom. The summed E-state index contributed by atoms with van der Waals surface area (Å²) in [7, 11) is 0. The van der Waals surface area contributed by atoms with Gasteiger partial charge in [0.05, 0.1) is 0 Å². The van der Waals surface area contributed by atoms with Gasteiger partial charge < -0.3 is 0 Å². The highest BCUT2D eigenvalue weighted by atomic mass is 15.2. The molecule has 0 spiro atoms. The van der Waals surface area contributed by atoms with Crippen LogP contribution in [-0.2, 0) is 0 Å².